The summed E-state index contributed by atoms with van der Waals surface area (Å²) in [5.74, 6) is 0.131. The minimum atomic E-state index is -0.417. The van der Waals surface area contributed by atoms with Crippen molar-refractivity contribution in [1.82, 2.24) is 19.3 Å². The van der Waals surface area contributed by atoms with Crippen LogP contribution in [0.1, 0.15) is 33.3 Å². The lowest BCUT2D eigenvalue weighted by Gasteiger charge is -2.16. The number of hydrogen-bond acceptors (Lipinski definition) is 5. The molecule has 0 aliphatic rings. The van der Waals surface area contributed by atoms with Crippen LogP contribution in [0.25, 0.3) is 11.0 Å². The number of carbonyl (C=O) groups excluding carboxylic acids is 1. The summed E-state index contributed by atoms with van der Waals surface area (Å²) in [6.07, 6.45) is 1.78. The SMILES string of the molecule is CCn1cc2nc(S[C@H](C)C(=O)Nc3cccc(C)c3)n(CC(C)C)c(=O)c2n1. The fourth-order valence-corrected chi connectivity index (χ4v) is 3.90. The Labute approximate surface area is 174 Å². The lowest BCUT2D eigenvalue weighted by Crippen LogP contribution is -2.28. The summed E-state index contributed by atoms with van der Waals surface area (Å²) in [4.78, 5) is 30.4. The number of hydrogen-bond donors (Lipinski definition) is 1. The van der Waals surface area contributed by atoms with Gasteiger partial charge in [0.25, 0.3) is 5.56 Å². The van der Waals surface area contributed by atoms with E-state index in [1.54, 1.807) is 15.4 Å². The van der Waals surface area contributed by atoms with Gasteiger partial charge in [0.2, 0.25) is 5.91 Å². The maximum atomic E-state index is 13.0. The van der Waals surface area contributed by atoms with E-state index in [0.717, 1.165) is 11.3 Å². The average molecular weight is 414 g/mol. The molecule has 1 N–H and O–H groups in total. The van der Waals surface area contributed by atoms with E-state index in [-0.39, 0.29) is 17.4 Å². The molecule has 0 saturated carbocycles. The zero-order valence-electron chi connectivity index (χ0n) is 17.5. The predicted octanol–water partition coefficient (Wildman–Crippen LogP) is 3.70. The summed E-state index contributed by atoms with van der Waals surface area (Å²) >= 11 is 1.29. The summed E-state index contributed by atoms with van der Waals surface area (Å²) in [5, 5.41) is 7.41. The Kier molecular flexibility index (Phi) is 6.42. The molecule has 0 aliphatic carbocycles. The molecular formula is C21H27N5O2S. The predicted molar refractivity (Wildman–Crippen MR) is 117 cm³/mol. The van der Waals surface area contributed by atoms with Crippen molar-refractivity contribution in [1.29, 1.82) is 0 Å². The van der Waals surface area contributed by atoms with Crippen LogP contribution in [0.5, 0.6) is 0 Å². The van der Waals surface area contributed by atoms with E-state index >= 15 is 0 Å². The van der Waals surface area contributed by atoms with Crippen molar-refractivity contribution in [3.8, 4) is 0 Å². The summed E-state index contributed by atoms with van der Waals surface area (Å²) in [6, 6.07) is 7.67. The number of benzene rings is 1. The fourth-order valence-electron chi connectivity index (χ4n) is 2.98. The average Bonchev–Trinajstić information content (AvgIpc) is 3.08. The van der Waals surface area contributed by atoms with Gasteiger partial charge in [0.05, 0.1) is 11.4 Å². The van der Waals surface area contributed by atoms with Gasteiger partial charge in [-0.2, -0.15) is 5.10 Å². The van der Waals surface area contributed by atoms with Crippen molar-refractivity contribution in [2.75, 3.05) is 5.32 Å². The zero-order chi connectivity index (χ0) is 21.1. The zero-order valence-corrected chi connectivity index (χ0v) is 18.3. The molecule has 7 nitrogen and oxygen atoms in total. The van der Waals surface area contributed by atoms with Crippen molar-refractivity contribution in [3.63, 3.8) is 0 Å². The van der Waals surface area contributed by atoms with Gasteiger partial charge in [0.1, 0.15) is 5.52 Å². The first-order valence-corrected chi connectivity index (χ1v) is 10.7. The number of fused-ring (bicyclic) bond motifs is 1. The minimum Gasteiger partial charge on any atom is -0.325 e. The molecule has 0 spiro atoms. The first kappa shape index (κ1) is 21.1. The van der Waals surface area contributed by atoms with Crippen LogP contribution < -0.4 is 10.9 Å². The largest absolute Gasteiger partial charge is 0.325 e. The van der Waals surface area contributed by atoms with Crippen LogP contribution in [-0.2, 0) is 17.9 Å². The Morgan fingerprint density at radius 2 is 2.03 bits per heavy atom. The molecule has 29 heavy (non-hydrogen) atoms. The molecule has 0 saturated heterocycles. The van der Waals surface area contributed by atoms with Crippen LogP contribution in [0.2, 0.25) is 0 Å². The highest BCUT2D eigenvalue weighted by atomic mass is 32.2. The number of nitrogens with zero attached hydrogens (tertiary/aromatic N) is 4. The van der Waals surface area contributed by atoms with Gasteiger partial charge in [-0.15, -0.1) is 0 Å². The third-order valence-electron chi connectivity index (χ3n) is 4.45. The summed E-state index contributed by atoms with van der Waals surface area (Å²) < 4.78 is 3.35. The van der Waals surface area contributed by atoms with Crippen molar-refractivity contribution in [2.45, 2.75) is 58.1 Å². The molecule has 2 heterocycles. The smallest absolute Gasteiger partial charge is 0.282 e. The highest BCUT2D eigenvalue weighted by Crippen LogP contribution is 2.24. The van der Waals surface area contributed by atoms with Gasteiger partial charge in [-0.05, 0) is 44.4 Å². The molecule has 1 amide bonds. The van der Waals surface area contributed by atoms with Gasteiger partial charge in [-0.3, -0.25) is 18.8 Å². The molecular weight excluding hydrogens is 386 g/mol. The number of nitrogens with one attached hydrogen (secondary N) is 1. The molecule has 8 heteroatoms. The number of rotatable bonds is 7. The molecule has 0 fully saturated rings. The van der Waals surface area contributed by atoms with E-state index in [0.29, 0.717) is 29.3 Å². The molecule has 0 unspecified atom stereocenters. The van der Waals surface area contributed by atoms with Crippen molar-refractivity contribution >= 4 is 34.4 Å². The molecule has 0 bridgehead atoms. The Bertz CT molecular complexity index is 1090. The van der Waals surface area contributed by atoms with Crippen molar-refractivity contribution in [3.05, 3.63) is 46.4 Å². The Balaban J connectivity index is 1.90. The van der Waals surface area contributed by atoms with Crippen LogP contribution in [-0.4, -0.2) is 30.5 Å². The van der Waals surface area contributed by atoms with E-state index in [1.807, 2.05) is 58.9 Å². The quantitative estimate of drug-likeness (QED) is 0.472. The minimum absolute atomic E-state index is 0.129. The lowest BCUT2D eigenvalue weighted by molar-refractivity contribution is -0.115. The summed E-state index contributed by atoms with van der Waals surface area (Å²) in [6.45, 7) is 11.0. The van der Waals surface area contributed by atoms with Gasteiger partial charge in [-0.1, -0.05) is 37.7 Å². The number of amides is 1. The summed E-state index contributed by atoms with van der Waals surface area (Å²) in [5.41, 5.74) is 2.60. The molecule has 0 radical (unpaired) electrons. The molecule has 3 rings (SSSR count). The van der Waals surface area contributed by atoms with Gasteiger partial charge >= 0.3 is 0 Å². The second-order valence-electron chi connectivity index (χ2n) is 7.54. The topological polar surface area (TPSA) is 81.8 Å². The van der Waals surface area contributed by atoms with Crippen LogP contribution in [0.4, 0.5) is 5.69 Å². The molecule has 154 valence electrons. The number of thioether (sulfide) groups is 1. The molecule has 1 aromatic carbocycles. The molecule has 2 aromatic heterocycles. The number of anilines is 1. The van der Waals surface area contributed by atoms with Gasteiger partial charge in [-0.25, -0.2) is 4.98 Å². The standard InChI is InChI=1S/C21H27N5O2S/c1-6-25-12-17-18(24-25)20(28)26(11-13(2)3)21(23-17)29-15(5)19(27)22-16-9-7-8-14(4)10-16/h7-10,12-13,15H,6,11H2,1-5H3,(H,22,27)/t15-/m1/s1. The van der Waals surface area contributed by atoms with E-state index in [4.69, 9.17) is 0 Å². The number of aryl methyl sites for hydroxylation is 2. The van der Waals surface area contributed by atoms with Crippen LogP contribution in [0, 0.1) is 12.8 Å². The van der Waals surface area contributed by atoms with Crippen LogP contribution in [0.3, 0.4) is 0 Å². The van der Waals surface area contributed by atoms with Gasteiger partial charge in [0, 0.05) is 18.8 Å². The number of carbonyl (C=O) groups is 1. The van der Waals surface area contributed by atoms with Crippen LogP contribution in [0.15, 0.2) is 40.4 Å². The van der Waals surface area contributed by atoms with E-state index in [9.17, 15) is 9.59 Å². The summed E-state index contributed by atoms with van der Waals surface area (Å²) in [7, 11) is 0. The fraction of sp³-hybridized carbons (Fsp3) is 0.429. The van der Waals surface area contributed by atoms with Gasteiger partial charge in [0.15, 0.2) is 10.7 Å². The maximum absolute atomic E-state index is 13.0. The van der Waals surface area contributed by atoms with Crippen LogP contribution >= 0.6 is 11.8 Å². The Morgan fingerprint density at radius 1 is 1.28 bits per heavy atom. The molecule has 3 aromatic rings. The van der Waals surface area contributed by atoms with E-state index < -0.39 is 5.25 Å². The second kappa shape index (κ2) is 8.82. The highest BCUT2D eigenvalue weighted by Gasteiger charge is 2.21. The van der Waals surface area contributed by atoms with E-state index in [2.05, 4.69) is 15.4 Å². The molecule has 1 atom stereocenters. The van der Waals surface area contributed by atoms with Crippen molar-refractivity contribution < 1.29 is 4.79 Å². The third-order valence-corrected chi connectivity index (χ3v) is 5.54. The highest BCUT2D eigenvalue weighted by molar-refractivity contribution is 8.00. The first-order valence-electron chi connectivity index (χ1n) is 9.80. The number of aromatic nitrogens is 4. The van der Waals surface area contributed by atoms with Crippen molar-refractivity contribution in [2.24, 2.45) is 5.92 Å². The van der Waals surface area contributed by atoms with Gasteiger partial charge < -0.3 is 5.32 Å². The lowest BCUT2D eigenvalue weighted by atomic mass is 10.2. The first-order chi connectivity index (χ1) is 13.8. The normalized spacial score (nSPS) is 12.5. The maximum Gasteiger partial charge on any atom is 0.282 e. The van der Waals surface area contributed by atoms with E-state index in [1.165, 1.54) is 11.8 Å². The second-order valence-corrected chi connectivity index (χ2v) is 8.85. The monoisotopic (exact) mass is 413 g/mol. The molecule has 0 aliphatic heterocycles. The Hall–Kier alpha value is -2.61. The third kappa shape index (κ3) is 4.87. The Morgan fingerprint density at radius 3 is 2.69 bits per heavy atom.